The maximum absolute atomic E-state index is 5.79. The van der Waals surface area contributed by atoms with Crippen molar-refractivity contribution in [2.45, 2.75) is 12.8 Å². The third-order valence-electron chi connectivity index (χ3n) is 3.33. The average molecular weight is 252 g/mol. The van der Waals surface area contributed by atoms with Crippen LogP contribution >= 0.6 is 0 Å². The van der Waals surface area contributed by atoms with Gasteiger partial charge < -0.3 is 20.1 Å². The summed E-state index contributed by atoms with van der Waals surface area (Å²) in [6.07, 6.45) is 3.68. The molecule has 2 heterocycles. The van der Waals surface area contributed by atoms with E-state index < -0.39 is 0 Å². The number of aromatic nitrogens is 2. The van der Waals surface area contributed by atoms with Crippen LogP contribution in [0, 0.1) is 5.92 Å². The van der Waals surface area contributed by atoms with Crippen LogP contribution in [0.15, 0.2) is 6.33 Å². The first-order chi connectivity index (χ1) is 8.76. The molecular formula is C12H20N4O2. The summed E-state index contributed by atoms with van der Waals surface area (Å²) in [6, 6.07) is 0. The Morgan fingerprint density at radius 1 is 1.33 bits per heavy atom. The highest BCUT2D eigenvalue weighted by Gasteiger charge is 2.23. The van der Waals surface area contributed by atoms with E-state index in [1.165, 1.54) is 6.33 Å². The van der Waals surface area contributed by atoms with E-state index >= 15 is 0 Å². The van der Waals surface area contributed by atoms with Gasteiger partial charge in [-0.05, 0) is 18.8 Å². The zero-order valence-corrected chi connectivity index (χ0v) is 10.9. The lowest BCUT2D eigenvalue weighted by Crippen LogP contribution is -2.35. The third kappa shape index (κ3) is 2.64. The summed E-state index contributed by atoms with van der Waals surface area (Å²) in [5.74, 6) is 2.39. The Bertz CT molecular complexity index is 392. The number of rotatable bonds is 4. The summed E-state index contributed by atoms with van der Waals surface area (Å²) >= 11 is 0. The number of ether oxygens (including phenoxy) is 2. The molecule has 2 N–H and O–H groups in total. The van der Waals surface area contributed by atoms with Crippen LogP contribution in [-0.4, -0.2) is 43.9 Å². The maximum Gasteiger partial charge on any atom is 0.204 e. The van der Waals surface area contributed by atoms with E-state index in [1.807, 2.05) is 0 Å². The Morgan fingerprint density at radius 3 is 2.67 bits per heavy atom. The third-order valence-corrected chi connectivity index (χ3v) is 3.33. The topological polar surface area (TPSA) is 73.5 Å². The van der Waals surface area contributed by atoms with Gasteiger partial charge in [0.15, 0.2) is 11.6 Å². The van der Waals surface area contributed by atoms with E-state index in [1.54, 1.807) is 14.2 Å². The van der Waals surface area contributed by atoms with Gasteiger partial charge in [0.05, 0.1) is 7.11 Å². The van der Waals surface area contributed by atoms with Crippen LogP contribution in [0.1, 0.15) is 12.8 Å². The van der Waals surface area contributed by atoms with E-state index in [0.29, 0.717) is 17.5 Å². The van der Waals surface area contributed by atoms with E-state index in [4.69, 9.17) is 15.2 Å². The van der Waals surface area contributed by atoms with Crippen LogP contribution in [-0.2, 0) is 4.74 Å². The van der Waals surface area contributed by atoms with Crippen molar-refractivity contribution in [3.05, 3.63) is 6.33 Å². The molecular weight excluding hydrogens is 232 g/mol. The van der Waals surface area contributed by atoms with Crippen molar-refractivity contribution < 1.29 is 9.47 Å². The lowest BCUT2D eigenvalue weighted by atomic mass is 9.98. The van der Waals surface area contributed by atoms with Gasteiger partial charge in [-0.2, -0.15) is 0 Å². The van der Waals surface area contributed by atoms with Gasteiger partial charge in [0.25, 0.3) is 0 Å². The van der Waals surface area contributed by atoms with Gasteiger partial charge in [0.1, 0.15) is 6.33 Å². The Labute approximate surface area is 107 Å². The molecule has 18 heavy (non-hydrogen) atoms. The predicted molar refractivity (Wildman–Crippen MR) is 69.8 cm³/mol. The minimum Gasteiger partial charge on any atom is -0.490 e. The first-order valence-corrected chi connectivity index (χ1v) is 6.14. The monoisotopic (exact) mass is 252 g/mol. The molecule has 1 saturated heterocycles. The molecule has 0 spiro atoms. The molecule has 0 aromatic carbocycles. The minimum atomic E-state index is 0.390. The number of hydrogen-bond acceptors (Lipinski definition) is 6. The summed E-state index contributed by atoms with van der Waals surface area (Å²) < 4.78 is 10.5. The van der Waals surface area contributed by atoms with Crippen molar-refractivity contribution in [3.63, 3.8) is 0 Å². The highest BCUT2D eigenvalue weighted by atomic mass is 16.5. The van der Waals surface area contributed by atoms with Gasteiger partial charge in [-0.25, -0.2) is 9.97 Å². The molecule has 1 aromatic rings. The Balaban J connectivity index is 2.07. The predicted octanol–water partition coefficient (Wildman–Crippen LogP) is 0.930. The maximum atomic E-state index is 5.79. The Hall–Kier alpha value is -1.56. The molecule has 2 rings (SSSR count). The fourth-order valence-electron chi connectivity index (χ4n) is 2.35. The molecule has 1 fully saturated rings. The zero-order chi connectivity index (χ0) is 13.0. The first kappa shape index (κ1) is 12.9. The molecule has 1 aliphatic rings. The van der Waals surface area contributed by atoms with Gasteiger partial charge in [0, 0.05) is 26.8 Å². The highest BCUT2D eigenvalue weighted by Crippen LogP contribution is 2.32. The van der Waals surface area contributed by atoms with Crippen molar-refractivity contribution in [1.82, 2.24) is 9.97 Å². The minimum absolute atomic E-state index is 0.390. The number of piperidine rings is 1. The number of nitrogen functional groups attached to an aromatic ring is 1. The molecule has 100 valence electrons. The van der Waals surface area contributed by atoms with Crippen molar-refractivity contribution >= 4 is 11.6 Å². The summed E-state index contributed by atoms with van der Waals surface area (Å²) in [5.41, 5.74) is 5.79. The van der Waals surface area contributed by atoms with Crippen LogP contribution in [0.3, 0.4) is 0 Å². The van der Waals surface area contributed by atoms with Crippen molar-refractivity contribution in [2.24, 2.45) is 5.92 Å². The summed E-state index contributed by atoms with van der Waals surface area (Å²) in [5, 5.41) is 0. The molecule has 1 aromatic heterocycles. The van der Waals surface area contributed by atoms with Gasteiger partial charge in [-0.1, -0.05) is 0 Å². The molecule has 0 amide bonds. The second kappa shape index (κ2) is 5.86. The van der Waals surface area contributed by atoms with E-state index in [9.17, 15) is 0 Å². The van der Waals surface area contributed by atoms with Crippen LogP contribution in [0.4, 0.5) is 11.6 Å². The molecule has 0 radical (unpaired) electrons. The summed E-state index contributed by atoms with van der Waals surface area (Å²) in [7, 11) is 3.34. The van der Waals surface area contributed by atoms with E-state index in [-0.39, 0.29) is 0 Å². The van der Waals surface area contributed by atoms with Crippen molar-refractivity contribution in [3.8, 4) is 5.75 Å². The SMILES string of the molecule is COCC1CCN(c2ncnc(N)c2OC)CC1. The molecule has 6 nitrogen and oxygen atoms in total. The van der Waals surface area contributed by atoms with Crippen LogP contribution in [0.5, 0.6) is 5.75 Å². The summed E-state index contributed by atoms with van der Waals surface area (Å²) in [4.78, 5) is 10.4. The molecule has 0 atom stereocenters. The fraction of sp³-hybridized carbons (Fsp3) is 0.667. The van der Waals surface area contributed by atoms with Crippen LogP contribution in [0.2, 0.25) is 0 Å². The molecule has 1 aliphatic heterocycles. The Morgan fingerprint density at radius 2 is 2.06 bits per heavy atom. The molecule has 0 aliphatic carbocycles. The zero-order valence-electron chi connectivity index (χ0n) is 10.9. The Kier molecular flexibility index (Phi) is 4.19. The molecule has 0 saturated carbocycles. The highest BCUT2D eigenvalue weighted by molar-refractivity contribution is 5.62. The normalized spacial score (nSPS) is 16.9. The fourth-order valence-corrected chi connectivity index (χ4v) is 2.35. The molecule has 0 unspecified atom stereocenters. The van der Waals surface area contributed by atoms with Gasteiger partial charge in [-0.3, -0.25) is 0 Å². The second-order valence-corrected chi connectivity index (χ2v) is 4.50. The van der Waals surface area contributed by atoms with Gasteiger partial charge >= 0.3 is 0 Å². The van der Waals surface area contributed by atoms with Gasteiger partial charge in [-0.15, -0.1) is 0 Å². The smallest absolute Gasteiger partial charge is 0.204 e. The average Bonchev–Trinajstić information content (AvgIpc) is 2.40. The van der Waals surface area contributed by atoms with E-state index in [2.05, 4.69) is 14.9 Å². The lowest BCUT2D eigenvalue weighted by Gasteiger charge is -2.33. The standard InChI is InChI=1S/C12H20N4O2/c1-17-7-9-3-5-16(6-4-9)12-10(18-2)11(13)14-8-15-12/h8-9H,3-7H2,1-2H3,(H2,13,14,15). The van der Waals surface area contributed by atoms with Crippen molar-refractivity contribution in [2.75, 3.05) is 44.5 Å². The quantitative estimate of drug-likeness (QED) is 0.859. The number of anilines is 2. The molecule has 0 bridgehead atoms. The lowest BCUT2D eigenvalue weighted by molar-refractivity contribution is 0.139. The number of methoxy groups -OCH3 is 2. The number of hydrogen-bond donors (Lipinski definition) is 1. The van der Waals surface area contributed by atoms with E-state index in [0.717, 1.165) is 38.4 Å². The first-order valence-electron chi connectivity index (χ1n) is 6.14. The second-order valence-electron chi connectivity index (χ2n) is 4.50. The molecule has 6 heteroatoms. The van der Waals surface area contributed by atoms with Gasteiger partial charge in [0.2, 0.25) is 5.75 Å². The number of nitrogens with two attached hydrogens (primary N) is 1. The van der Waals surface area contributed by atoms with Crippen LogP contribution < -0.4 is 15.4 Å². The van der Waals surface area contributed by atoms with Crippen LogP contribution in [0.25, 0.3) is 0 Å². The summed E-state index contributed by atoms with van der Waals surface area (Å²) in [6.45, 7) is 2.72. The van der Waals surface area contributed by atoms with Crippen molar-refractivity contribution in [1.29, 1.82) is 0 Å². The largest absolute Gasteiger partial charge is 0.490 e. The number of nitrogens with zero attached hydrogens (tertiary/aromatic N) is 3.